The highest BCUT2D eigenvalue weighted by Crippen LogP contribution is 2.26. The molecule has 8 nitrogen and oxygen atoms in total. The van der Waals surface area contributed by atoms with Crippen LogP contribution in [0.2, 0.25) is 0 Å². The first-order valence-electron chi connectivity index (χ1n) is 12.8. The van der Waals surface area contributed by atoms with Crippen LogP contribution in [0.25, 0.3) is 0 Å². The summed E-state index contributed by atoms with van der Waals surface area (Å²) in [6.45, 7) is 7.13. The van der Waals surface area contributed by atoms with E-state index in [2.05, 4.69) is 5.32 Å². The van der Waals surface area contributed by atoms with Crippen molar-refractivity contribution < 1.29 is 22.7 Å². The molecule has 0 aliphatic heterocycles. The average Bonchev–Trinajstić information content (AvgIpc) is 2.91. The van der Waals surface area contributed by atoms with E-state index in [1.807, 2.05) is 58.0 Å². The molecule has 0 aliphatic carbocycles. The Morgan fingerprint density at radius 1 is 0.897 bits per heavy atom. The second-order valence-corrected chi connectivity index (χ2v) is 12.1. The molecule has 0 aliphatic rings. The van der Waals surface area contributed by atoms with Crippen LogP contribution in [-0.4, -0.2) is 50.4 Å². The van der Waals surface area contributed by atoms with E-state index in [1.165, 1.54) is 24.1 Å². The van der Waals surface area contributed by atoms with Crippen LogP contribution in [0.15, 0.2) is 89.8 Å². The molecule has 0 heterocycles. The van der Waals surface area contributed by atoms with Crippen LogP contribution in [0.1, 0.15) is 39.7 Å². The Kier molecular flexibility index (Phi) is 9.75. The highest BCUT2D eigenvalue weighted by Gasteiger charge is 2.34. The predicted octanol–water partition coefficient (Wildman–Crippen LogP) is 4.61. The van der Waals surface area contributed by atoms with Crippen molar-refractivity contribution in [1.29, 1.82) is 0 Å². The lowest BCUT2D eigenvalue weighted by atomic mass is 10.1. The van der Waals surface area contributed by atoms with E-state index in [1.54, 1.807) is 42.5 Å². The lowest BCUT2D eigenvalue weighted by Crippen LogP contribution is -2.55. The minimum absolute atomic E-state index is 0.0204. The number of carbonyl (C=O) groups is 2. The average molecular weight is 552 g/mol. The highest BCUT2D eigenvalue weighted by molar-refractivity contribution is 7.92. The van der Waals surface area contributed by atoms with E-state index in [9.17, 15) is 18.0 Å². The van der Waals surface area contributed by atoms with Crippen LogP contribution < -0.4 is 14.4 Å². The summed E-state index contributed by atoms with van der Waals surface area (Å²) in [4.78, 5) is 28.8. The molecule has 0 unspecified atom stereocenters. The lowest BCUT2D eigenvalue weighted by molar-refractivity contribution is -0.141. The standard InChI is InChI=1S/C30H37N3O5S/c1-6-27(29(35)31-30(2,3)4)32(21-23-13-9-7-10-14-23)28(34)22-33(24-15-11-8-12-16-24)39(36,37)26-19-17-25(38-5)18-20-26/h7-20,27H,6,21-22H2,1-5H3,(H,31,35)/t27-/m1/s1. The van der Waals surface area contributed by atoms with Gasteiger partial charge >= 0.3 is 0 Å². The molecule has 3 aromatic rings. The summed E-state index contributed by atoms with van der Waals surface area (Å²) in [5.41, 5.74) is 0.672. The molecule has 208 valence electrons. The number of nitrogens with zero attached hydrogens (tertiary/aromatic N) is 2. The SMILES string of the molecule is CC[C@H](C(=O)NC(C)(C)C)N(Cc1ccccc1)C(=O)CN(c1ccccc1)S(=O)(=O)c1ccc(OC)cc1. The van der Waals surface area contributed by atoms with Crippen LogP contribution in [0.4, 0.5) is 5.69 Å². The van der Waals surface area contributed by atoms with Crippen LogP contribution in [-0.2, 0) is 26.2 Å². The summed E-state index contributed by atoms with van der Waals surface area (Å²) in [7, 11) is -2.63. The molecule has 1 N–H and O–H groups in total. The molecule has 39 heavy (non-hydrogen) atoms. The Morgan fingerprint density at radius 3 is 1.97 bits per heavy atom. The van der Waals surface area contributed by atoms with Crippen LogP contribution in [0.3, 0.4) is 0 Å². The Bertz CT molecular complexity index is 1340. The first kappa shape index (κ1) is 29.7. The van der Waals surface area contributed by atoms with Gasteiger partial charge in [0.15, 0.2) is 0 Å². The maximum absolute atomic E-state index is 14.0. The first-order valence-corrected chi connectivity index (χ1v) is 14.3. The highest BCUT2D eigenvalue weighted by atomic mass is 32.2. The molecular formula is C30H37N3O5S. The molecule has 0 fully saturated rings. The van der Waals surface area contributed by atoms with Crippen molar-refractivity contribution in [2.24, 2.45) is 0 Å². The van der Waals surface area contributed by atoms with Gasteiger partial charge in [-0.1, -0.05) is 55.5 Å². The first-order chi connectivity index (χ1) is 18.5. The fourth-order valence-electron chi connectivity index (χ4n) is 4.15. The third-order valence-corrected chi connectivity index (χ3v) is 7.84. The maximum atomic E-state index is 14.0. The molecular weight excluding hydrogens is 514 g/mol. The monoisotopic (exact) mass is 551 g/mol. The van der Waals surface area contributed by atoms with Gasteiger partial charge in [-0.05, 0) is 69.2 Å². The number of hydrogen-bond donors (Lipinski definition) is 1. The largest absolute Gasteiger partial charge is 0.497 e. The Balaban J connectivity index is 2.03. The van der Waals surface area contributed by atoms with Gasteiger partial charge in [-0.2, -0.15) is 0 Å². The molecule has 1 atom stereocenters. The Labute approximate surface area is 231 Å². The number of nitrogens with one attached hydrogen (secondary N) is 1. The smallest absolute Gasteiger partial charge is 0.264 e. The van der Waals surface area contributed by atoms with Crippen molar-refractivity contribution in [2.45, 2.75) is 57.1 Å². The van der Waals surface area contributed by atoms with E-state index in [-0.39, 0.29) is 17.3 Å². The fraction of sp³-hybridized carbons (Fsp3) is 0.333. The number of amides is 2. The van der Waals surface area contributed by atoms with E-state index < -0.39 is 34.1 Å². The summed E-state index contributed by atoms with van der Waals surface area (Å²) < 4.78 is 33.9. The molecule has 2 amide bonds. The van der Waals surface area contributed by atoms with Gasteiger partial charge in [-0.15, -0.1) is 0 Å². The van der Waals surface area contributed by atoms with Crippen molar-refractivity contribution in [2.75, 3.05) is 18.0 Å². The summed E-state index contributed by atoms with van der Waals surface area (Å²) in [5, 5.41) is 2.97. The fourth-order valence-corrected chi connectivity index (χ4v) is 5.56. The summed E-state index contributed by atoms with van der Waals surface area (Å²) in [6.07, 6.45) is 0.358. The molecule has 3 rings (SSSR count). The quantitative estimate of drug-likeness (QED) is 0.375. The van der Waals surface area contributed by atoms with E-state index in [4.69, 9.17) is 4.74 Å². The van der Waals surface area contributed by atoms with Crippen LogP contribution in [0.5, 0.6) is 5.75 Å². The molecule has 0 aromatic heterocycles. The Morgan fingerprint density at radius 2 is 1.46 bits per heavy atom. The Hall–Kier alpha value is -3.85. The van der Waals surface area contributed by atoms with E-state index in [0.717, 1.165) is 9.87 Å². The van der Waals surface area contributed by atoms with Gasteiger partial charge in [0.2, 0.25) is 11.8 Å². The molecule has 0 saturated heterocycles. The van der Waals surface area contributed by atoms with Gasteiger partial charge in [0.05, 0.1) is 17.7 Å². The number of carbonyl (C=O) groups excluding carboxylic acids is 2. The predicted molar refractivity (Wildman–Crippen MR) is 153 cm³/mol. The molecule has 0 radical (unpaired) electrons. The van der Waals surface area contributed by atoms with Crippen molar-refractivity contribution in [3.05, 3.63) is 90.5 Å². The third-order valence-electron chi connectivity index (χ3n) is 6.05. The number of para-hydroxylation sites is 1. The van der Waals surface area contributed by atoms with E-state index in [0.29, 0.717) is 17.9 Å². The lowest BCUT2D eigenvalue weighted by Gasteiger charge is -2.34. The maximum Gasteiger partial charge on any atom is 0.264 e. The minimum Gasteiger partial charge on any atom is -0.497 e. The second kappa shape index (κ2) is 12.8. The minimum atomic E-state index is -4.13. The van der Waals surface area contributed by atoms with Gasteiger partial charge in [0.1, 0.15) is 18.3 Å². The number of benzene rings is 3. The number of ether oxygens (including phenoxy) is 1. The number of methoxy groups -OCH3 is 1. The molecule has 0 saturated carbocycles. The van der Waals surface area contributed by atoms with Gasteiger partial charge in [-0.25, -0.2) is 8.42 Å². The zero-order valence-electron chi connectivity index (χ0n) is 23.1. The number of hydrogen-bond acceptors (Lipinski definition) is 5. The zero-order chi connectivity index (χ0) is 28.6. The molecule has 0 spiro atoms. The van der Waals surface area contributed by atoms with Crippen molar-refractivity contribution >= 4 is 27.5 Å². The van der Waals surface area contributed by atoms with Crippen LogP contribution in [0, 0.1) is 0 Å². The van der Waals surface area contributed by atoms with E-state index >= 15 is 0 Å². The van der Waals surface area contributed by atoms with Crippen molar-refractivity contribution in [3.63, 3.8) is 0 Å². The molecule has 0 bridgehead atoms. The van der Waals surface area contributed by atoms with Gasteiger partial charge in [0.25, 0.3) is 10.0 Å². The van der Waals surface area contributed by atoms with Gasteiger partial charge in [-0.3, -0.25) is 13.9 Å². The van der Waals surface area contributed by atoms with Crippen molar-refractivity contribution in [3.8, 4) is 5.75 Å². The number of rotatable bonds is 11. The number of anilines is 1. The molecule has 3 aromatic carbocycles. The summed E-state index contributed by atoms with van der Waals surface area (Å²) in [5.74, 6) is -0.268. The topological polar surface area (TPSA) is 96.0 Å². The molecule has 9 heteroatoms. The number of sulfonamides is 1. The second-order valence-electron chi connectivity index (χ2n) is 10.2. The normalized spacial score (nSPS) is 12.3. The zero-order valence-corrected chi connectivity index (χ0v) is 23.9. The van der Waals surface area contributed by atoms with Gasteiger partial charge < -0.3 is 15.0 Å². The summed E-state index contributed by atoms with van der Waals surface area (Å²) in [6, 6.07) is 23.0. The third kappa shape index (κ3) is 7.83. The van der Waals surface area contributed by atoms with Crippen LogP contribution >= 0.6 is 0 Å². The van der Waals surface area contributed by atoms with Crippen molar-refractivity contribution in [1.82, 2.24) is 10.2 Å². The summed E-state index contributed by atoms with van der Waals surface area (Å²) >= 11 is 0. The van der Waals surface area contributed by atoms with Gasteiger partial charge in [0, 0.05) is 12.1 Å².